The molecule has 1 aromatic heterocycles. The average molecular weight is 237 g/mol. The van der Waals surface area contributed by atoms with Gasteiger partial charge in [0.1, 0.15) is 0 Å². The Morgan fingerprint density at radius 2 is 2.00 bits per heavy atom. The second-order valence-corrected chi connectivity index (χ2v) is 6.26. The Hall–Kier alpha value is -0.800. The van der Waals surface area contributed by atoms with E-state index in [1.165, 1.54) is 5.69 Å². The molecule has 0 aliphatic carbocycles. The van der Waals surface area contributed by atoms with Gasteiger partial charge in [-0.2, -0.15) is 0 Å². The molecule has 0 saturated heterocycles. The number of nitrogens with one attached hydrogen (secondary N) is 2. The molecule has 0 aromatic carbocycles. The van der Waals surface area contributed by atoms with Crippen molar-refractivity contribution in [2.75, 3.05) is 19.6 Å². The van der Waals surface area contributed by atoms with Crippen LogP contribution in [0.25, 0.3) is 0 Å². The van der Waals surface area contributed by atoms with Crippen LogP contribution in [0.15, 0.2) is 18.3 Å². The van der Waals surface area contributed by atoms with Gasteiger partial charge < -0.3 is 16.0 Å². The van der Waals surface area contributed by atoms with Crippen LogP contribution in [0, 0.1) is 5.41 Å². The van der Waals surface area contributed by atoms with E-state index in [0.29, 0.717) is 0 Å². The van der Waals surface area contributed by atoms with Crippen LogP contribution in [0.2, 0.25) is 0 Å². The third-order valence-corrected chi connectivity index (χ3v) is 3.43. The van der Waals surface area contributed by atoms with E-state index in [1.807, 2.05) is 6.20 Å². The van der Waals surface area contributed by atoms with E-state index in [0.717, 1.165) is 26.1 Å². The molecule has 98 valence electrons. The molecule has 0 unspecified atom stereocenters. The largest absolute Gasteiger partial charge is 0.365 e. The van der Waals surface area contributed by atoms with Gasteiger partial charge in [0.25, 0.3) is 0 Å². The van der Waals surface area contributed by atoms with Crippen molar-refractivity contribution in [3.63, 3.8) is 0 Å². The molecule has 0 aliphatic rings. The highest BCUT2D eigenvalue weighted by Crippen LogP contribution is 2.21. The van der Waals surface area contributed by atoms with Gasteiger partial charge in [0.15, 0.2) is 0 Å². The molecule has 17 heavy (non-hydrogen) atoms. The first-order valence-corrected chi connectivity index (χ1v) is 6.42. The first-order valence-electron chi connectivity index (χ1n) is 6.42. The lowest BCUT2D eigenvalue weighted by molar-refractivity contribution is 0.330. The minimum absolute atomic E-state index is 0.149. The molecule has 0 fully saturated rings. The quantitative estimate of drug-likeness (QED) is 0.637. The van der Waals surface area contributed by atoms with Crippen molar-refractivity contribution in [3.8, 4) is 0 Å². The Balaban J connectivity index is 2.32. The first-order chi connectivity index (χ1) is 7.87. The summed E-state index contributed by atoms with van der Waals surface area (Å²) in [4.78, 5) is 3.29. The molecule has 4 N–H and O–H groups in total. The lowest BCUT2D eigenvalue weighted by Crippen LogP contribution is -2.36. The maximum atomic E-state index is 5.72. The van der Waals surface area contributed by atoms with E-state index in [-0.39, 0.29) is 10.8 Å². The Morgan fingerprint density at radius 1 is 1.29 bits per heavy atom. The van der Waals surface area contributed by atoms with Crippen molar-refractivity contribution in [1.29, 1.82) is 0 Å². The van der Waals surface area contributed by atoms with Crippen LogP contribution in [0.4, 0.5) is 0 Å². The summed E-state index contributed by atoms with van der Waals surface area (Å²) in [5.41, 5.74) is 7.39. The molecule has 1 rings (SSSR count). The number of nitrogens with two attached hydrogens (primary N) is 1. The maximum Gasteiger partial charge on any atom is 0.0217 e. The third-order valence-electron chi connectivity index (χ3n) is 3.43. The van der Waals surface area contributed by atoms with Gasteiger partial charge in [-0.15, -0.1) is 0 Å². The molecule has 0 saturated carbocycles. The molecule has 0 atom stereocenters. The summed E-state index contributed by atoms with van der Waals surface area (Å²) < 4.78 is 0. The van der Waals surface area contributed by atoms with Crippen LogP contribution in [0.1, 0.15) is 39.8 Å². The van der Waals surface area contributed by atoms with Crippen molar-refractivity contribution < 1.29 is 0 Å². The number of hydrogen-bond acceptors (Lipinski definition) is 2. The Bertz CT molecular complexity index is 312. The van der Waals surface area contributed by atoms with Crippen LogP contribution in [-0.2, 0) is 5.41 Å². The standard InChI is InChI=1S/C14H27N3/c1-13(2,10-15)7-9-16-11-14(3,4)12-6-5-8-17-12/h5-6,8,16-17H,7,9-11,15H2,1-4H3. The van der Waals surface area contributed by atoms with Gasteiger partial charge in [0, 0.05) is 23.9 Å². The first kappa shape index (κ1) is 14.3. The highest BCUT2D eigenvalue weighted by Gasteiger charge is 2.21. The van der Waals surface area contributed by atoms with E-state index in [9.17, 15) is 0 Å². The molecule has 0 amide bonds. The normalized spacial score (nSPS) is 13.0. The fourth-order valence-corrected chi connectivity index (χ4v) is 1.78. The summed E-state index contributed by atoms with van der Waals surface area (Å²) >= 11 is 0. The monoisotopic (exact) mass is 237 g/mol. The van der Waals surface area contributed by atoms with Gasteiger partial charge in [-0.25, -0.2) is 0 Å². The number of H-pyrrole nitrogens is 1. The molecular formula is C14H27N3. The summed E-state index contributed by atoms with van der Waals surface area (Å²) in [6, 6.07) is 4.19. The van der Waals surface area contributed by atoms with Gasteiger partial charge in [-0.05, 0) is 37.1 Å². The highest BCUT2D eigenvalue weighted by atomic mass is 14.9. The number of aromatic nitrogens is 1. The van der Waals surface area contributed by atoms with Crippen LogP contribution >= 0.6 is 0 Å². The lowest BCUT2D eigenvalue weighted by atomic mass is 9.88. The molecule has 0 aliphatic heterocycles. The summed E-state index contributed by atoms with van der Waals surface area (Å²) in [5, 5.41) is 3.53. The van der Waals surface area contributed by atoms with Crippen molar-refractivity contribution in [3.05, 3.63) is 24.0 Å². The molecule has 1 heterocycles. The van der Waals surface area contributed by atoms with Crippen LogP contribution in [-0.4, -0.2) is 24.6 Å². The van der Waals surface area contributed by atoms with E-state index in [2.05, 4.69) is 50.1 Å². The number of aromatic amines is 1. The molecule has 1 aromatic rings. The van der Waals surface area contributed by atoms with Gasteiger partial charge in [0.05, 0.1) is 0 Å². The molecular weight excluding hydrogens is 210 g/mol. The molecule has 0 spiro atoms. The van der Waals surface area contributed by atoms with Crippen molar-refractivity contribution in [1.82, 2.24) is 10.3 Å². The van der Waals surface area contributed by atoms with Crippen LogP contribution in [0.3, 0.4) is 0 Å². The molecule has 3 nitrogen and oxygen atoms in total. The predicted octanol–water partition coefficient (Wildman–Crippen LogP) is 2.26. The van der Waals surface area contributed by atoms with Crippen molar-refractivity contribution >= 4 is 0 Å². The second-order valence-electron chi connectivity index (χ2n) is 6.26. The Morgan fingerprint density at radius 3 is 2.53 bits per heavy atom. The minimum Gasteiger partial charge on any atom is -0.365 e. The fourth-order valence-electron chi connectivity index (χ4n) is 1.78. The van der Waals surface area contributed by atoms with Crippen molar-refractivity contribution in [2.24, 2.45) is 11.1 Å². The second kappa shape index (κ2) is 5.69. The SMILES string of the molecule is CC(C)(CN)CCNCC(C)(C)c1ccc[nH]1. The van der Waals surface area contributed by atoms with Crippen LogP contribution in [0.5, 0.6) is 0 Å². The van der Waals surface area contributed by atoms with Crippen molar-refractivity contribution in [2.45, 2.75) is 39.5 Å². The van der Waals surface area contributed by atoms with E-state index >= 15 is 0 Å². The van der Waals surface area contributed by atoms with Gasteiger partial charge in [0.2, 0.25) is 0 Å². The predicted molar refractivity (Wildman–Crippen MR) is 74.1 cm³/mol. The summed E-state index contributed by atoms with van der Waals surface area (Å²) in [5.74, 6) is 0. The third kappa shape index (κ3) is 4.52. The van der Waals surface area contributed by atoms with E-state index in [4.69, 9.17) is 5.73 Å². The number of hydrogen-bond donors (Lipinski definition) is 3. The zero-order valence-corrected chi connectivity index (χ0v) is 11.6. The Kier molecular flexibility index (Phi) is 4.78. The minimum atomic E-state index is 0.149. The summed E-state index contributed by atoms with van der Waals surface area (Å²) in [7, 11) is 0. The van der Waals surface area contributed by atoms with Gasteiger partial charge in [-0.1, -0.05) is 27.7 Å². The lowest BCUT2D eigenvalue weighted by Gasteiger charge is -2.26. The van der Waals surface area contributed by atoms with Gasteiger partial charge >= 0.3 is 0 Å². The maximum absolute atomic E-state index is 5.72. The van der Waals surface area contributed by atoms with E-state index < -0.39 is 0 Å². The molecule has 0 bridgehead atoms. The smallest absolute Gasteiger partial charge is 0.0217 e. The topological polar surface area (TPSA) is 53.8 Å². The average Bonchev–Trinajstić information content (AvgIpc) is 2.78. The zero-order valence-electron chi connectivity index (χ0n) is 11.6. The summed E-state index contributed by atoms with van der Waals surface area (Å²) in [6.07, 6.45) is 3.10. The van der Waals surface area contributed by atoms with Crippen LogP contribution < -0.4 is 11.1 Å². The molecule has 0 radical (unpaired) electrons. The van der Waals surface area contributed by atoms with E-state index in [1.54, 1.807) is 0 Å². The molecule has 3 heteroatoms. The number of rotatable bonds is 7. The summed E-state index contributed by atoms with van der Waals surface area (Å²) in [6.45, 7) is 11.7. The van der Waals surface area contributed by atoms with Gasteiger partial charge in [-0.3, -0.25) is 0 Å². The Labute approximate surface area is 105 Å². The fraction of sp³-hybridized carbons (Fsp3) is 0.714. The zero-order chi connectivity index (χ0) is 12.9. The highest BCUT2D eigenvalue weighted by molar-refractivity contribution is 5.15.